The Morgan fingerprint density at radius 3 is 2.48 bits per heavy atom. The summed E-state index contributed by atoms with van der Waals surface area (Å²) in [5.41, 5.74) is 2.49. The zero-order valence-electron chi connectivity index (χ0n) is 16.1. The van der Waals surface area contributed by atoms with Crippen molar-refractivity contribution < 1.29 is 19.1 Å². The van der Waals surface area contributed by atoms with Crippen molar-refractivity contribution >= 4 is 12.1 Å². The molecule has 3 amide bonds. The van der Waals surface area contributed by atoms with Gasteiger partial charge in [-0.3, -0.25) is 0 Å². The van der Waals surface area contributed by atoms with Crippen LogP contribution in [-0.2, 0) is 15.9 Å². The van der Waals surface area contributed by atoms with Gasteiger partial charge in [0.1, 0.15) is 0 Å². The SMILES string of the molecule is CCc1ccc(C2CC(NC(=O)OC)CN(C(=O)N3CCOCC3)C2)cc1. The average Bonchev–Trinajstić information content (AvgIpc) is 2.73. The second kappa shape index (κ2) is 9.08. The van der Waals surface area contributed by atoms with Gasteiger partial charge in [0.15, 0.2) is 0 Å². The number of likely N-dealkylation sites (tertiary alicyclic amines) is 1. The summed E-state index contributed by atoms with van der Waals surface area (Å²) < 4.78 is 10.1. The number of rotatable bonds is 3. The van der Waals surface area contributed by atoms with Crippen LogP contribution in [-0.4, -0.2) is 74.5 Å². The number of urea groups is 1. The van der Waals surface area contributed by atoms with Crippen LogP contribution < -0.4 is 5.32 Å². The van der Waals surface area contributed by atoms with E-state index in [4.69, 9.17) is 9.47 Å². The fraction of sp³-hybridized carbons (Fsp3) is 0.600. The summed E-state index contributed by atoms with van der Waals surface area (Å²) in [6.45, 7) is 5.65. The van der Waals surface area contributed by atoms with E-state index in [1.807, 2.05) is 9.80 Å². The predicted octanol–water partition coefficient (Wildman–Crippen LogP) is 2.22. The molecule has 0 aromatic heterocycles. The van der Waals surface area contributed by atoms with Gasteiger partial charge in [0, 0.05) is 32.1 Å². The Balaban J connectivity index is 1.75. The van der Waals surface area contributed by atoms with E-state index in [-0.39, 0.29) is 18.0 Å². The maximum atomic E-state index is 13.0. The number of methoxy groups -OCH3 is 1. The van der Waals surface area contributed by atoms with Crippen molar-refractivity contribution in [3.05, 3.63) is 35.4 Å². The highest BCUT2D eigenvalue weighted by molar-refractivity contribution is 5.75. The first kappa shape index (κ1) is 19.5. The molecule has 1 aromatic rings. The molecular weight excluding hydrogens is 346 g/mol. The zero-order valence-corrected chi connectivity index (χ0v) is 16.1. The molecule has 2 aliphatic heterocycles. The lowest BCUT2D eigenvalue weighted by molar-refractivity contribution is 0.0391. The lowest BCUT2D eigenvalue weighted by atomic mass is 9.87. The third-order valence-corrected chi connectivity index (χ3v) is 5.37. The molecule has 27 heavy (non-hydrogen) atoms. The minimum absolute atomic E-state index is 0.0184. The minimum Gasteiger partial charge on any atom is -0.453 e. The summed E-state index contributed by atoms with van der Waals surface area (Å²) in [4.78, 5) is 28.4. The van der Waals surface area contributed by atoms with Crippen molar-refractivity contribution in [3.63, 3.8) is 0 Å². The third kappa shape index (κ3) is 4.91. The molecule has 1 N–H and O–H groups in total. The van der Waals surface area contributed by atoms with Gasteiger partial charge in [-0.15, -0.1) is 0 Å². The Hall–Kier alpha value is -2.28. The Labute approximate surface area is 160 Å². The second-order valence-corrected chi connectivity index (χ2v) is 7.15. The molecule has 2 atom stereocenters. The number of nitrogens with zero attached hydrogens (tertiary/aromatic N) is 2. The van der Waals surface area contributed by atoms with Gasteiger partial charge in [0.05, 0.1) is 26.4 Å². The van der Waals surface area contributed by atoms with Crippen LogP contribution in [0.25, 0.3) is 0 Å². The summed E-state index contributed by atoms with van der Waals surface area (Å²) in [6, 6.07) is 8.45. The molecule has 2 heterocycles. The largest absolute Gasteiger partial charge is 0.453 e. The van der Waals surface area contributed by atoms with E-state index in [2.05, 4.69) is 36.5 Å². The molecule has 7 nitrogen and oxygen atoms in total. The van der Waals surface area contributed by atoms with E-state index in [0.29, 0.717) is 39.4 Å². The number of nitrogens with one attached hydrogen (secondary N) is 1. The van der Waals surface area contributed by atoms with Gasteiger partial charge < -0.3 is 24.6 Å². The average molecular weight is 375 g/mol. The maximum Gasteiger partial charge on any atom is 0.407 e. The number of alkyl carbamates (subject to hydrolysis) is 1. The van der Waals surface area contributed by atoms with Crippen molar-refractivity contribution in [2.24, 2.45) is 0 Å². The van der Waals surface area contributed by atoms with Crippen LogP contribution in [0.3, 0.4) is 0 Å². The molecule has 148 valence electrons. The van der Waals surface area contributed by atoms with Gasteiger partial charge in [-0.25, -0.2) is 9.59 Å². The van der Waals surface area contributed by atoms with E-state index in [9.17, 15) is 9.59 Å². The number of ether oxygens (including phenoxy) is 2. The molecule has 0 spiro atoms. The highest BCUT2D eigenvalue weighted by Gasteiger charge is 2.34. The molecule has 0 saturated carbocycles. The summed E-state index contributed by atoms with van der Waals surface area (Å²) in [5.74, 6) is 0.178. The Morgan fingerprint density at radius 1 is 1.15 bits per heavy atom. The van der Waals surface area contributed by atoms with E-state index < -0.39 is 6.09 Å². The molecular formula is C20H29N3O4. The molecule has 2 aliphatic rings. The van der Waals surface area contributed by atoms with Gasteiger partial charge in [-0.2, -0.15) is 0 Å². The summed E-state index contributed by atoms with van der Waals surface area (Å²) >= 11 is 0. The normalized spacial score (nSPS) is 23.0. The fourth-order valence-electron chi connectivity index (χ4n) is 3.81. The van der Waals surface area contributed by atoms with Gasteiger partial charge in [0.2, 0.25) is 0 Å². The number of morpholine rings is 1. The van der Waals surface area contributed by atoms with Gasteiger partial charge in [0.25, 0.3) is 0 Å². The van der Waals surface area contributed by atoms with Gasteiger partial charge in [-0.05, 0) is 24.0 Å². The Kier molecular flexibility index (Phi) is 6.55. The Morgan fingerprint density at radius 2 is 1.85 bits per heavy atom. The zero-order chi connectivity index (χ0) is 19.2. The number of amides is 3. The third-order valence-electron chi connectivity index (χ3n) is 5.37. The highest BCUT2D eigenvalue weighted by atomic mass is 16.5. The van der Waals surface area contributed by atoms with Crippen LogP contribution in [0.1, 0.15) is 30.4 Å². The van der Waals surface area contributed by atoms with Gasteiger partial charge >= 0.3 is 12.1 Å². The highest BCUT2D eigenvalue weighted by Crippen LogP contribution is 2.28. The lowest BCUT2D eigenvalue weighted by Crippen LogP contribution is -2.56. The first-order valence-corrected chi connectivity index (χ1v) is 9.65. The van der Waals surface area contributed by atoms with Crippen molar-refractivity contribution in [1.82, 2.24) is 15.1 Å². The molecule has 3 rings (SSSR count). The topological polar surface area (TPSA) is 71.1 Å². The molecule has 0 radical (unpaired) electrons. The first-order chi connectivity index (χ1) is 13.1. The summed E-state index contributed by atoms with van der Waals surface area (Å²) in [6.07, 6.45) is 1.33. The second-order valence-electron chi connectivity index (χ2n) is 7.15. The summed E-state index contributed by atoms with van der Waals surface area (Å²) in [7, 11) is 1.36. The molecule has 2 fully saturated rings. The quantitative estimate of drug-likeness (QED) is 0.879. The van der Waals surface area contributed by atoms with E-state index >= 15 is 0 Å². The molecule has 2 unspecified atom stereocenters. The van der Waals surface area contributed by atoms with Crippen molar-refractivity contribution in [2.75, 3.05) is 46.5 Å². The smallest absolute Gasteiger partial charge is 0.407 e. The number of hydrogen-bond acceptors (Lipinski definition) is 4. The number of hydrogen-bond donors (Lipinski definition) is 1. The molecule has 0 aliphatic carbocycles. The predicted molar refractivity (Wildman–Crippen MR) is 102 cm³/mol. The van der Waals surface area contributed by atoms with Crippen LogP contribution in [0.2, 0.25) is 0 Å². The maximum absolute atomic E-state index is 13.0. The van der Waals surface area contributed by atoms with E-state index in [0.717, 1.165) is 12.8 Å². The van der Waals surface area contributed by atoms with E-state index in [1.165, 1.54) is 18.2 Å². The number of benzene rings is 1. The van der Waals surface area contributed by atoms with Crippen molar-refractivity contribution in [3.8, 4) is 0 Å². The number of carbonyl (C=O) groups is 2. The van der Waals surface area contributed by atoms with E-state index in [1.54, 1.807) is 0 Å². The molecule has 1 aromatic carbocycles. The Bertz CT molecular complexity index is 643. The van der Waals surface area contributed by atoms with Crippen LogP contribution in [0.5, 0.6) is 0 Å². The number of aryl methyl sites for hydroxylation is 1. The molecule has 7 heteroatoms. The van der Waals surface area contributed by atoms with Crippen LogP contribution in [0.15, 0.2) is 24.3 Å². The number of piperidine rings is 1. The minimum atomic E-state index is -0.458. The van der Waals surface area contributed by atoms with Crippen LogP contribution in [0.4, 0.5) is 9.59 Å². The summed E-state index contributed by atoms with van der Waals surface area (Å²) in [5, 5.41) is 2.88. The fourth-order valence-corrected chi connectivity index (χ4v) is 3.81. The first-order valence-electron chi connectivity index (χ1n) is 9.65. The van der Waals surface area contributed by atoms with Crippen LogP contribution >= 0.6 is 0 Å². The molecule has 0 bridgehead atoms. The van der Waals surface area contributed by atoms with Crippen molar-refractivity contribution in [1.29, 1.82) is 0 Å². The lowest BCUT2D eigenvalue weighted by Gasteiger charge is -2.41. The number of carbonyl (C=O) groups excluding carboxylic acids is 2. The standard InChI is InChI=1S/C20H29N3O4/c1-3-15-4-6-16(7-5-15)17-12-18(21-19(24)26-2)14-23(13-17)20(25)22-8-10-27-11-9-22/h4-7,17-18H,3,8-14H2,1-2H3,(H,21,24). The monoisotopic (exact) mass is 375 g/mol. The van der Waals surface area contributed by atoms with Crippen LogP contribution in [0, 0.1) is 0 Å². The van der Waals surface area contributed by atoms with Crippen molar-refractivity contribution in [2.45, 2.75) is 31.7 Å². The molecule has 2 saturated heterocycles. The van der Waals surface area contributed by atoms with Gasteiger partial charge in [-0.1, -0.05) is 31.2 Å².